The lowest BCUT2D eigenvalue weighted by Gasteiger charge is -2.33. The highest BCUT2D eigenvalue weighted by Gasteiger charge is 2.27. The molecule has 0 heterocycles. The molecule has 0 spiro atoms. The van der Waals surface area contributed by atoms with Crippen molar-refractivity contribution in [3.8, 4) is 0 Å². The van der Waals surface area contributed by atoms with Crippen molar-refractivity contribution in [3.63, 3.8) is 0 Å². The summed E-state index contributed by atoms with van der Waals surface area (Å²) in [5, 5.41) is 3.13. The van der Waals surface area contributed by atoms with Crippen LogP contribution in [0.2, 0.25) is 0 Å². The average Bonchev–Trinajstić information content (AvgIpc) is 2.22. The fourth-order valence-electron chi connectivity index (χ4n) is 1.94. The van der Waals surface area contributed by atoms with E-state index in [-0.39, 0.29) is 23.4 Å². The molecule has 3 nitrogen and oxygen atoms in total. The number of carbonyl (C=O) groups excluding carboxylic acids is 1. The van der Waals surface area contributed by atoms with E-state index >= 15 is 0 Å². The molecule has 0 radical (unpaired) electrons. The van der Waals surface area contributed by atoms with Gasteiger partial charge in [-0.05, 0) is 30.6 Å². The number of amides is 1. The maximum Gasteiger partial charge on any atom is 0.237 e. The minimum Gasteiger partial charge on any atom is -0.351 e. The zero-order valence-electron chi connectivity index (χ0n) is 13.0. The topological polar surface area (TPSA) is 55.1 Å². The van der Waals surface area contributed by atoms with Gasteiger partial charge in [0, 0.05) is 6.04 Å². The third-order valence-electron chi connectivity index (χ3n) is 3.33. The Bertz CT molecular complexity index is 243. The molecule has 18 heavy (non-hydrogen) atoms. The lowest BCUT2D eigenvalue weighted by molar-refractivity contribution is -0.124. The van der Waals surface area contributed by atoms with E-state index in [2.05, 4.69) is 39.9 Å². The van der Waals surface area contributed by atoms with Crippen LogP contribution in [0, 0.1) is 11.3 Å². The summed E-state index contributed by atoms with van der Waals surface area (Å²) in [4.78, 5) is 12.0. The van der Waals surface area contributed by atoms with Crippen LogP contribution in [0.4, 0.5) is 0 Å². The van der Waals surface area contributed by atoms with Crippen molar-refractivity contribution >= 4 is 5.91 Å². The highest BCUT2D eigenvalue weighted by molar-refractivity contribution is 5.81. The van der Waals surface area contributed by atoms with Crippen LogP contribution in [0.5, 0.6) is 0 Å². The maximum absolute atomic E-state index is 12.0. The van der Waals surface area contributed by atoms with Gasteiger partial charge in [-0.3, -0.25) is 4.79 Å². The molecule has 2 unspecified atom stereocenters. The Hall–Kier alpha value is -0.570. The van der Waals surface area contributed by atoms with Crippen molar-refractivity contribution in [1.29, 1.82) is 0 Å². The Balaban J connectivity index is 4.45. The highest BCUT2D eigenvalue weighted by atomic mass is 16.2. The second-order valence-corrected chi connectivity index (χ2v) is 6.79. The van der Waals surface area contributed by atoms with Gasteiger partial charge in [0.2, 0.25) is 5.91 Å². The third-order valence-corrected chi connectivity index (χ3v) is 3.33. The minimum atomic E-state index is -0.362. The first-order valence-corrected chi connectivity index (χ1v) is 7.24. The fourth-order valence-corrected chi connectivity index (χ4v) is 1.94. The summed E-state index contributed by atoms with van der Waals surface area (Å²) >= 11 is 0. The second kappa shape index (κ2) is 7.78. The molecule has 0 fully saturated rings. The van der Waals surface area contributed by atoms with Gasteiger partial charge < -0.3 is 11.1 Å². The van der Waals surface area contributed by atoms with Crippen molar-refractivity contribution < 1.29 is 4.79 Å². The van der Waals surface area contributed by atoms with Gasteiger partial charge in [-0.25, -0.2) is 0 Å². The van der Waals surface area contributed by atoms with E-state index in [0.717, 1.165) is 25.7 Å². The molecule has 0 aromatic rings. The van der Waals surface area contributed by atoms with E-state index in [4.69, 9.17) is 5.73 Å². The van der Waals surface area contributed by atoms with Gasteiger partial charge in [-0.1, -0.05) is 48.0 Å². The van der Waals surface area contributed by atoms with Crippen molar-refractivity contribution in [2.45, 2.75) is 79.3 Å². The predicted molar refractivity (Wildman–Crippen MR) is 78.3 cm³/mol. The van der Waals surface area contributed by atoms with Gasteiger partial charge in [0.25, 0.3) is 0 Å². The molecular weight excluding hydrogens is 224 g/mol. The summed E-state index contributed by atoms with van der Waals surface area (Å²) in [6, 6.07) is -0.158. The van der Waals surface area contributed by atoms with E-state index in [1.54, 1.807) is 0 Å². The van der Waals surface area contributed by atoms with E-state index in [0.29, 0.717) is 5.92 Å². The summed E-state index contributed by atoms with van der Waals surface area (Å²) in [5.74, 6) is 0.664. The molecule has 0 aliphatic heterocycles. The second-order valence-electron chi connectivity index (χ2n) is 6.79. The standard InChI is InChI=1S/C15H32N2O/c1-7-8-12(16)14(18)17-13(15(4,5)6)10-9-11(2)3/h11-13H,7-10,16H2,1-6H3,(H,17,18). The summed E-state index contributed by atoms with van der Waals surface area (Å²) in [7, 11) is 0. The molecule has 0 aliphatic rings. The summed E-state index contributed by atoms with van der Waals surface area (Å²) < 4.78 is 0. The zero-order chi connectivity index (χ0) is 14.3. The van der Waals surface area contributed by atoms with Gasteiger partial charge in [0.1, 0.15) is 0 Å². The maximum atomic E-state index is 12.0. The number of carbonyl (C=O) groups is 1. The largest absolute Gasteiger partial charge is 0.351 e. The zero-order valence-corrected chi connectivity index (χ0v) is 13.0. The van der Waals surface area contributed by atoms with Gasteiger partial charge in [-0.15, -0.1) is 0 Å². The first-order chi connectivity index (χ1) is 8.18. The molecule has 3 heteroatoms. The molecule has 0 aliphatic carbocycles. The van der Waals surface area contributed by atoms with E-state index in [1.165, 1.54) is 0 Å². The molecule has 0 aromatic heterocycles. The lowest BCUT2D eigenvalue weighted by atomic mass is 9.82. The lowest BCUT2D eigenvalue weighted by Crippen LogP contribution is -2.50. The minimum absolute atomic E-state index is 0.000492. The third kappa shape index (κ3) is 7.00. The van der Waals surface area contributed by atoms with Crippen LogP contribution in [0.1, 0.15) is 67.2 Å². The van der Waals surface area contributed by atoms with Crippen molar-refractivity contribution in [1.82, 2.24) is 5.32 Å². The molecular formula is C15H32N2O. The van der Waals surface area contributed by atoms with Gasteiger partial charge in [0.15, 0.2) is 0 Å². The van der Waals surface area contributed by atoms with Crippen LogP contribution in [-0.2, 0) is 4.79 Å². The fraction of sp³-hybridized carbons (Fsp3) is 0.933. The Morgan fingerprint density at radius 2 is 1.72 bits per heavy atom. The average molecular weight is 256 g/mol. The van der Waals surface area contributed by atoms with Gasteiger partial charge >= 0.3 is 0 Å². The smallest absolute Gasteiger partial charge is 0.237 e. The van der Waals surface area contributed by atoms with Crippen LogP contribution in [0.15, 0.2) is 0 Å². The first kappa shape index (κ1) is 17.4. The van der Waals surface area contributed by atoms with Crippen molar-refractivity contribution in [2.75, 3.05) is 0 Å². The predicted octanol–water partition coefficient (Wildman–Crippen LogP) is 3.08. The quantitative estimate of drug-likeness (QED) is 0.735. The van der Waals surface area contributed by atoms with Crippen LogP contribution < -0.4 is 11.1 Å². The van der Waals surface area contributed by atoms with E-state index < -0.39 is 0 Å². The van der Waals surface area contributed by atoms with E-state index in [1.807, 2.05) is 6.92 Å². The molecule has 0 saturated heterocycles. The Morgan fingerprint density at radius 3 is 2.11 bits per heavy atom. The summed E-state index contributed by atoms with van der Waals surface area (Å²) in [6.07, 6.45) is 3.85. The molecule has 108 valence electrons. The van der Waals surface area contributed by atoms with Crippen LogP contribution in [-0.4, -0.2) is 18.0 Å². The molecule has 0 aromatic carbocycles. The highest BCUT2D eigenvalue weighted by Crippen LogP contribution is 2.24. The van der Waals surface area contributed by atoms with Gasteiger partial charge in [-0.2, -0.15) is 0 Å². The summed E-state index contributed by atoms with van der Waals surface area (Å²) in [6.45, 7) is 13.0. The Labute approximate surface area is 113 Å². The van der Waals surface area contributed by atoms with Crippen molar-refractivity contribution in [2.24, 2.45) is 17.1 Å². The van der Waals surface area contributed by atoms with Crippen LogP contribution >= 0.6 is 0 Å². The molecule has 0 rings (SSSR count). The number of nitrogens with one attached hydrogen (secondary N) is 1. The first-order valence-electron chi connectivity index (χ1n) is 7.24. The molecule has 3 N–H and O–H groups in total. The molecule has 2 atom stereocenters. The number of rotatable bonds is 7. The van der Waals surface area contributed by atoms with Crippen LogP contribution in [0.25, 0.3) is 0 Å². The Morgan fingerprint density at radius 1 is 1.17 bits per heavy atom. The van der Waals surface area contributed by atoms with Crippen LogP contribution in [0.3, 0.4) is 0 Å². The number of nitrogens with two attached hydrogens (primary N) is 1. The van der Waals surface area contributed by atoms with E-state index in [9.17, 15) is 4.79 Å². The Kier molecular flexibility index (Phi) is 7.53. The van der Waals surface area contributed by atoms with Gasteiger partial charge in [0.05, 0.1) is 6.04 Å². The molecule has 0 saturated carbocycles. The number of hydrogen-bond donors (Lipinski definition) is 2. The molecule has 0 bridgehead atoms. The SMILES string of the molecule is CCCC(N)C(=O)NC(CCC(C)C)C(C)(C)C. The monoisotopic (exact) mass is 256 g/mol. The number of hydrogen-bond acceptors (Lipinski definition) is 2. The normalized spacial score (nSPS) is 15.6. The summed E-state index contributed by atoms with van der Waals surface area (Å²) in [5.41, 5.74) is 5.94. The van der Waals surface area contributed by atoms with Crippen molar-refractivity contribution in [3.05, 3.63) is 0 Å². The molecule has 1 amide bonds.